The fourth-order valence-electron chi connectivity index (χ4n) is 4.34. The predicted molar refractivity (Wildman–Crippen MR) is 128 cm³/mol. The smallest absolute Gasteiger partial charge is 0.307 e. The molecule has 2 aliphatic heterocycles. The largest absolute Gasteiger partial charge is 0.490 e. The molecule has 0 radical (unpaired) electrons. The second-order valence-electron chi connectivity index (χ2n) is 9.10. The first-order valence-electron chi connectivity index (χ1n) is 11.6. The first-order valence-corrected chi connectivity index (χ1v) is 11.6. The first kappa shape index (κ1) is 23.7. The average molecular weight is 463 g/mol. The molecule has 0 unspecified atom stereocenters. The van der Waals surface area contributed by atoms with E-state index in [1.165, 1.54) is 0 Å². The molecule has 0 amide bonds. The van der Waals surface area contributed by atoms with E-state index in [0.717, 1.165) is 48.4 Å². The zero-order valence-corrected chi connectivity index (χ0v) is 19.6. The van der Waals surface area contributed by atoms with E-state index in [-0.39, 0.29) is 12.0 Å². The summed E-state index contributed by atoms with van der Waals surface area (Å²) in [5.41, 5.74) is 3.50. The number of hydrogen-bond acceptors (Lipinski definition) is 6. The summed E-state index contributed by atoms with van der Waals surface area (Å²) in [6.07, 6.45) is 3.78. The summed E-state index contributed by atoms with van der Waals surface area (Å²) >= 11 is 0. The Labute approximate surface area is 200 Å². The number of carboxylic acid groups (broad SMARTS) is 1. The third-order valence-electron chi connectivity index (χ3n) is 5.97. The molecule has 0 saturated carbocycles. The summed E-state index contributed by atoms with van der Waals surface area (Å²) in [5, 5.41) is 18.7. The van der Waals surface area contributed by atoms with E-state index < -0.39 is 5.97 Å². The molecule has 0 aromatic heterocycles. The maximum atomic E-state index is 11.3. The van der Waals surface area contributed by atoms with Gasteiger partial charge in [0.1, 0.15) is 36.5 Å². The molecule has 2 aliphatic rings. The molecule has 2 aromatic carbocycles. The summed E-state index contributed by atoms with van der Waals surface area (Å²) in [4.78, 5) is 13.5. The number of nitriles is 1. The van der Waals surface area contributed by atoms with E-state index in [0.29, 0.717) is 36.8 Å². The van der Waals surface area contributed by atoms with Gasteiger partial charge in [0.2, 0.25) is 0 Å². The second-order valence-corrected chi connectivity index (χ2v) is 9.10. The van der Waals surface area contributed by atoms with Gasteiger partial charge in [-0.05, 0) is 74.7 Å². The molecule has 2 heterocycles. The lowest BCUT2D eigenvalue weighted by Crippen LogP contribution is -2.40. The van der Waals surface area contributed by atoms with E-state index >= 15 is 0 Å². The number of benzene rings is 2. The molecule has 34 heavy (non-hydrogen) atoms. The Hall–Kier alpha value is -3.50. The molecule has 2 aromatic rings. The van der Waals surface area contributed by atoms with Crippen molar-refractivity contribution in [2.75, 3.05) is 26.2 Å². The molecule has 1 fully saturated rings. The maximum Gasteiger partial charge on any atom is 0.307 e. The minimum absolute atomic E-state index is 0.000715. The molecule has 1 N–H and O–H groups in total. The van der Waals surface area contributed by atoms with Crippen molar-refractivity contribution in [3.8, 4) is 23.3 Å². The van der Waals surface area contributed by atoms with Crippen LogP contribution in [0, 0.1) is 17.2 Å². The molecular weight excluding hydrogens is 432 g/mol. The van der Waals surface area contributed by atoms with Crippen molar-refractivity contribution in [2.45, 2.75) is 39.4 Å². The highest BCUT2D eigenvalue weighted by Gasteiger charge is 2.26. The fraction of sp³-hybridized carbons (Fsp3) is 0.407. The Morgan fingerprint density at radius 3 is 2.91 bits per heavy atom. The highest BCUT2D eigenvalue weighted by molar-refractivity contribution is 5.70. The number of carbonyl (C=O) groups is 1. The summed E-state index contributed by atoms with van der Waals surface area (Å²) in [6, 6.07) is 13.4. The SMILES string of the molecule is CC(C)Oc1ccc(COc2ccc3c(c2)OCC(CN2CCC[C@@H](C(=O)O)C2)=C3)cc1C#N. The lowest BCUT2D eigenvalue weighted by Gasteiger charge is -2.32. The van der Waals surface area contributed by atoms with Crippen molar-refractivity contribution in [3.05, 3.63) is 58.7 Å². The number of aliphatic carboxylic acids is 1. The number of piperidine rings is 1. The molecule has 178 valence electrons. The topological polar surface area (TPSA) is 92.0 Å². The highest BCUT2D eigenvalue weighted by Crippen LogP contribution is 2.32. The third kappa shape index (κ3) is 5.89. The highest BCUT2D eigenvalue weighted by atomic mass is 16.5. The average Bonchev–Trinajstić information content (AvgIpc) is 2.83. The van der Waals surface area contributed by atoms with Crippen molar-refractivity contribution in [1.29, 1.82) is 5.26 Å². The number of ether oxygens (including phenoxy) is 3. The second kappa shape index (κ2) is 10.6. The van der Waals surface area contributed by atoms with Gasteiger partial charge < -0.3 is 19.3 Å². The zero-order valence-electron chi connectivity index (χ0n) is 19.6. The van der Waals surface area contributed by atoms with E-state index in [9.17, 15) is 15.2 Å². The minimum Gasteiger partial charge on any atom is -0.490 e. The quantitative estimate of drug-likeness (QED) is 0.618. The summed E-state index contributed by atoms with van der Waals surface area (Å²) < 4.78 is 17.6. The van der Waals surface area contributed by atoms with Crippen LogP contribution in [-0.4, -0.2) is 48.3 Å². The number of hydrogen-bond donors (Lipinski definition) is 1. The van der Waals surface area contributed by atoms with Gasteiger partial charge in [0.15, 0.2) is 0 Å². The van der Waals surface area contributed by atoms with Gasteiger partial charge in [0.25, 0.3) is 0 Å². The number of nitrogens with zero attached hydrogens (tertiary/aromatic N) is 2. The third-order valence-corrected chi connectivity index (χ3v) is 5.97. The summed E-state index contributed by atoms with van der Waals surface area (Å²) in [6.45, 7) is 6.89. The number of fused-ring (bicyclic) bond motifs is 1. The molecular formula is C27H30N2O5. The van der Waals surface area contributed by atoms with Gasteiger partial charge in [-0.3, -0.25) is 9.69 Å². The lowest BCUT2D eigenvalue weighted by molar-refractivity contribution is -0.143. The van der Waals surface area contributed by atoms with Crippen LogP contribution in [0.3, 0.4) is 0 Å². The van der Waals surface area contributed by atoms with Gasteiger partial charge in [0.05, 0.1) is 17.6 Å². The Bertz CT molecular complexity index is 1120. The minimum atomic E-state index is -0.708. The van der Waals surface area contributed by atoms with Gasteiger partial charge in [-0.2, -0.15) is 5.26 Å². The number of carboxylic acids is 1. The van der Waals surface area contributed by atoms with Gasteiger partial charge in [-0.15, -0.1) is 0 Å². The van der Waals surface area contributed by atoms with Crippen LogP contribution >= 0.6 is 0 Å². The summed E-state index contributed by atoms with van der Waals surface area (Å²) in [5.74, 6) is 1.04. The van der Waals surface area contributed by atoms with Crippen LogP contribution in [-0.2, 0) is 11.4 Å². The van der Waals surface area contributed by atoms with E-state index in [4.69, 9.17) is 14.2 Å². The van der Waals surface area contributed by atoms with Crippen LogP contribution in [0.2, 0.25) is 0 Å². The maximum absolute atomic E-state index is 11.3. The van der Waals surface area contributed by atoms with Gasteiger partial charge in [0, 0.05) is 24.7 Å². The predicted octanol–water partition coefficient (Wildman–Crippen LogP) is 4.50. The Morgan fingerprint density at radius 2 is 2.15 bits per heavy atom. The molecule has 1 saturated heterocycles. The Kier molecular flexibility index (Phi) is 7.39. The molecule has 0 spiro atoms. The number of rotatable bonds is 8. The lowest BCUT2D eigenvalue weighted by atomic mass is 9.97. The van der Waals surface area contributed by atoms with E-state index in [2.05, 4.69) is 17.0 Å². The van der Waals surface area contributed by atoms with E-state index in [1.807, 2.05) is 38.1 Å². The molecule has 0 aliphatic carbocycles. The molecule has 0 bridgehead atoms. The monoisotopic (exact) mass is 462 g/mol. The van der Waals surface area contributed by atoms with Crippen LogP contribution in [0.4, 0.5) is 0 Å². The molecule has 7 heteroatoms. The van der Waals surface area contributed by atoms with Crippen LogP contribution in [0.15, 0.2) is 42.0 Å². The zero-order chi connectivity index (χ0) is 24.1. The fourth-order valence-corrected chi connectivity index (χ4v) is 4.34. The molecule has 1 atom stereocenters. The van der Waals surface area contributed by atoms with Gasteiger partial charge in [-0.25, -0.2) is 0 Å². The van der Waals surface area contributed by atoms with Crippen molar-refractivity contribution >= 4 is 12.0 Å². The van der Waals surface area contributed by atoms with Gasteiger partial charge >= 0.3 is 5.97 Å². The molecule has 4 rings (SSSR count). The van der Waals surface area contributed by atoms with Crippen LogP contribution < -0.4 is 14.2 Å². The number of likely N-dealkylation sites (tertiary alicyclic amines) is 1. The van der Waals surface area contributed by atoms with Crippen molar-refractivity contribution in [3.63, 3.8) is 0 Å². The molecule has 7 nitrogen and oxygen atoms in total. The first-order chi connectivity index (χ1) is 16.4. The van der Waals surface area contributed by atoms with Crippen molar-refractivity contribution in [2.24, 2.45) is 5.92 Å². The van der Waals surface area contributed by atoms with Crippen LogP contribution in [0.1, 0.15) is 43.4 Å². The standard InChI is InChI=1S/C27H30N2O5/c1-18(2)34-25-8-5-19(10-23(25)13-28)16-32-24-7-6-21-11-20(17-33-26(21)12-24)14-29-9-3-4-22(15-29)27(30)31/h5-8,10-12,18,22H,3-4,9,14-17H2,1-2H3,(H,30,31)/t22-/m1/s1. The van der Waals surface area contributed by atoms with E-state index in [1.54, 1.807) is 12.1 Å². The summed E-state index contributed by atoms with van der Waals surface area (Å²) in [7, 11) is 0. The van der Waals surface area contributed by atoms with Crippen molar-refractivity contribution in [1.82, 2.24) is 4.90 Å². The van der Waals surface area contributed by atoms with Crippen LogP contribution in [0.5, 0.6) is 17.2 Å². The van der Waals surface area contributed by atoms with Crippen LogP contribution in [0.25, 0.3) is 6.08 Å². The van der Waals surface area contributed by atoms with Gasteiger partial charge in [-0.1, -0.05) is 6.07 Å². The normalized spacial score (nSPS) is 17.8. The van der Waals surface area contributed by atoms with Crippen molar-refractivity contribution < 1.29 is 24.1 Å². The Morgan fingerprint density at radius 1 is 1.29 bits per heavy atom. The Balaban J connectivity index is 1.37.